The largest absolute Gasteiger partial charge is 0.397 e. The molecule has 13 nitrogen and oxygen atoms in total. The molecule has 0 bridgehead atoms. The number of hydrogen-bond acceptors (Lipinski definition) is 11. The number of carbonyl (C=O) groups excluding carboxylic acids is 1. The highest BCUT2D eigenvalue weighted by atomic mass is 32.3. The zero-order chi connectivity index (χ0) is 48.5. The highest BCUT2D eigenvalue weighted by Crippen LogP contribution is 2.26. The van der Waals surface area contributed by atoms with Crippen molar-refractivity contribution >= 4 is 16.3 Å². The number of nitrogens with one attached hydrogen (secondary N) is 1. The SMILES string of the molecule is CCCCCCCCCCCCCCCCCCCCCCC(O)C(COC1OC(CO)C(O)C(OS(=O)(=O)O)C1O)NC(=O)C(O)CCCCCCCCCCCCCCCCCCC. The van der Waals surface area contributed by atoms with Gasteiger partial charge in [0, 0.05) is 0 Å². The Labute approximate surface area is 403 Å². The van der Waals surface area contributed by atoms with Crippen molar-refractivity contribution in [2.24, 2.45) is 0 Å². The van der Waals surface area contributed by atoms with Gasteiger partial charge < -0.3 is 40.3 Å². The van der Waals surface area contributed by atoms with Crippen LogP contribution in [-0.2, 0) is 28.9 Å². The van der Waals surface area contributed by atoms with E-state index < -0.39 is 78.5 Å². The monoisotopic (exact) mass is 966 g/mol. The number of aliphatic hydroxyl groups excluding tert-OH is 5. The molecule has 1 saturated heterocycles. The second-order valence-corrected chi connectivity index (χ2v) is 20.7. The molecule has 0 spiro atoms. The predicted molar refractivity (Wildman–Crippen MR) is 265 cm³/mol. The van der Waals surface area contributed by atoms with Crippen molar-refractivity contribution in [1.82, 2.24) is 5.32 Å². The van der Waals surface area contributed by atoms with Gasteiger partial charge in [-0.15, -0.1) is 0 Å². The van der Waals surface area contributed by atoms with E-state index in [9.17, 15) is 43.3 Å². The van der Waals surface area contributed by atoms with Crippen LogP contribution in [0, 0.1) is 0 Å². The summed E-state index contributed by atoms with van der Waals surface area (Å²) in [6.07, 6.45) is 35.6. The zero-order valence-corrected chi connectivity index (χ0v) is 43.0. The first kappa shape index (κ1) is 63.1. The fourth-order valence-electron chi connectivity index (χ4n) is 9.17. The summed E-state index contributed by atoms with van der Waals surface area (Å²) >= 11 is 0. The van der Waals surface area contributed by atoms with Crippen LogP contribution >= 0.6 is 0 Å². The minimum atomic E-state index is -5.11. The van der Waals surface area contributed by atoms with Crippen LogP contribution < -0.4 is 5.32 Å². The van der Waals surface area contributed by atoms with E-state index in [1.807, 2.05) is 0 Å². The molecular weight excluding hydrogens is 863 g/mol. The Morgan fingerprint density at radius 1 is 0.545 bits per heavy atom. The van der Waals surface area contributed by atoms with Crippen molar-refractivity contribution in [3.63, 3.8) is 0 Å². The standard InChI is InChI=1S/C52H103NO12S/c1-3-5-7-9-11-13-15-17-19-21-22-23-25-26-28-30-32-34-36-38-40-45(55)44(43-63-52-49(58)50(65-66(60,61)62)48(57)47(42-54)64-52)53-51(59)46(56)41-39-37-35-33-31-29-27-24-20-18-16-14-12-10-8-6-4-2/h44-50,52,54-58H,3-43H2,1-2H3,(H,53,59)(H,60,61,62). The molecule has 8 atom stereocenters. The molecule has 66 heavy (non-hydrogen) atoms. The second kappa shape index (κ2) is 42.9. The summed E-state index contributed by atoms with van der Waals surface area (Å²) < 4.78 is 47.8. The lowest BCUT2D eigenvalue weighted by Crippen LogP contribution is -2.61. The highest BCUT2D eigenvalue weighted by molar-refractivity contribution is 7.80. The number of amides is 1. The molecule has 1 heterocycles. The molecule has 8 unspecified atom stereocenters. The molecular formula is C52H103NO12S. The van der Waals surface area contributed by atoms with Gasteiger partial charge in [0.25, 0.3) is 0 Å². The Kier molecular flexibility index (Phi) is 41.0. The van der Waals surface area contributed by atoms with Crippen LogP contribution in [0.15, 0.2) is 0 Å². The fraction of sp³-hybridized carbons (Fsp3) is 0.981. The Bertz CT molecular complexity index is 1200. The number of rotatable bonds is 48. The normalized spacial score (nSPS) is 20.4. The van der Waals surface area contributed by atoms with Crippen molar-refractivity contribution in [1.29, 1.82) is 0 Å². The summed E-state index contributed by atoms with van der Waals surface area (Å²) in [6.45, 7) is 3.33. The number of unbranched alkanes of at least 4 members (excludes halogenated alkanes) is 35. The summed E-state index contributed by atoms with van der Waals surface area (Å²) in [6, 6.07) is -1.03. The van der Waals surface area contributed by atoms with Gasteiger partial charge in [0.15, 0.2) is 6.29 Å². The maximum absolute atomic E-state index is 13.2. The van der Waals surface area contributed by atoms with Gasteiger partial charge in [-0.3, -0.25) is 9.35 Å². The van der Waals surface area contributed by atoms with Crippen LogP contribution in [0.1, 0.15) is 264 Å². The third kappa shape index (κ3) is 34.4. The first-order chi connectivity index (χ1) is 31.9. The van der Waals surface area contributed by atoms with Crippen LogP contribution in [0.3, 0.4) is 0 Å². The number of aliphatic hydroxyl groups is 5. The molecule has 0 aliphatic carbocycles. The molecule has 1 aliphatic heterocycles. The number of hydrogen-bond donors (Lipinski definition) is 7. The van der Waals surface area contributed by atoms with Gasteiger partial charge in [-0.05, 0) is 12.8 Å². The van der Waals surface area contributed by atoms with Gasteiger partial charge in [-0.25, -0.2) is 4.18 Å². The molecule has 14 heteroatoms. The number of ether oxygens (including phenoxy) is 2. The minimum absolute atomic E-state index is 0.267. The van der Waals surface area contributed by atoms with Crippen LogP contribution in [0.5, 0.6) is 0 Å². The third-order valence-electron chi connectivity index (χ3n) is 13.5. The fourth-order valence-corrected chi connectivity index (χ4v) is 9.68. The molecule has 1 amide bonds. The smallest absolute Gasteiger partial charge is 0.394 e. The Morgan fingerprint density at radius 3 is 1.21 bits per heavy atom. The predicted octanol–water partition coefficient (Wildman–Crippen LogP) is 11.1. The third-order valence-corrected chi connectivity index (χ3v) is 14.0. The highest BCUT2D eigenvalue weighted by Gasteiger charge is 2.48. The van der Waals surface area contributed by atoms with Crippen LogP contribution in [0.25, 0.3) is 0 Å². The van der Waals surface area contributed by atoms with Gasteiger partial charge in [-0.1, -0.05) is 251 Å². The van der Waals surface area contributed by atoms with Crippen LogP contribution in [0.4, 0.5) is 0 Å². The molecule has 1 fully saturated rings. The molecule has 1 aliphatic rings. The Morgan fingerprint density at radius 2 is 0.879 bits per heavy atom. The lowest BCUT2D eigenvalue weighted by Gasteiger charge is -2.41. The lowest BCUT2D eigenvalue weighted by molar-refractivity contribution is -0.298. The van der Waals surface area contributed by atoms with Crippen molar-refractivity contribution in [2.75, 3.05) is 13.2 Å². The molecule has 1 rings (SSSR count). The van der Waals surface area contributed by atoms with E-state index in [0.717, 1.165) is 38.5 Å². The van der Waals surface area contributed by atoms with Gasteiger partial charge in [0.2, 0.25) is 5.91 Å². The first-order valence-corrected chi connectivity index (χ1v) is 28.9. The molecule has 0 aromatic heterocycles. The van der Waals surface area contributed by atoms with E-state index in [1.165, 1.54) is 186 Å². The molecule has 0 radical (unpaired) electrons. The molecule has 0 saturated carbocycles. The quantitative estimate of drug-likeness (QED) is 0.0224. The van der Waals surface area contributed by atoms with E-state index in [0.29, 0.717) is 19.3 Å². The summed E-state index contributed by atoms with van der Waals surface area (Å²) in [5.41, 5.74) is 0. The maximum atomic E-state index is 13.2. The van der Waals surface area contributed by atoms with Gasteiger partial charge in [0.05, 0.1) is 25.4 Å². The van der Waals surface area contributed by atoms with Crippen LogP contribution in [0.2, 0.25) is 0 Å². The Hall–Kier alpha value is -0.940. The van der Waals surface area contributed by atoms with Gasteiger partial charge in [-0.2, -0.15) is 8.42 Å². The average Bonchev–Trinajstić information content (AvgIpc) is 3.29. The summed E-state index contributed by atoms with van der Waals surface area (Å²) in [5.74, 6) is -0.663. The Balaban J connectivity index is 2.44. The molecule has 394 valence electrons. The van der Waals surface area contributed by atoms with E-state index >= 15 is 0 Å². The molecule has 0 aromatic carbocycles. The van der Waals surface area contributed by atoms with Crippen molar-refractivity contribution in [3.8, 4) is 0 Å². The van der Waals surface area contributed by atoms with E-state index in [-0.39, 0.29) is 6.42 Å². The van der Waals surface area contributed by atoms with E-state index in [2.05, 4.69) is 23.3 Å². The maximum Gasteiger partial charge on any atom is 0.397 e. The number of carbonyl (C=O) groups is 1. The van der Waals surface area contributed by atoms with Gasteiger partial charge >= 0.3 is 10.4 Å². The van der Waals surface area contributed by atoms with Crippen LogP contribution in [-0.4, -0.2) is 107 Å². The zero-order valence-electron chi connectivity index (χ0n) is 42.2. The second-order valence-electron chi connectivity index (χ2n) is 19.7. The average molecular weight is 966 g/mol. The molecule has 0 aromatic rings. The summed E-state index contributed by atoms with van der Waals surface area (Å²) in [5, 5.41) is 55.6. The van der Waals surface area contributed by atoms with Crippen molar-refractivity contribution < 1.29 is 57.0 Å². The van der Waals surface area contributed by atoms with E-state index in [1.54, 1.807) is 0 Å². The first-order valence-electron chi connectivity index (χ1n) is 27.5. The van der Waals surface area contributed by atoms with Gasteiger partial charge in [0.1, 0.15) is 30.5 Å². The minimum Gasteiger partial charge on any atom is -0.394 e. The summed E-state index contributed by atoms with van der Waals surface area (Å²) in [4.78, 5) is 13.2. The molecule has 7 N–H and O–H groups in total. The summed E-state index contributed by atoms with van der Waals surface area (Å²) in [7, 11) is -5.11. The lowest BCUT2D eigenvalue weighted by atomic mass is 9.99. The topological polar surface area (TPSA) is 212 Å². The van der Waals surface area contributed by atoms with Crippen molar-refractivity contribution in [2.45, 2.75) is 313 Å². The van der Waals surface area contributed by atoms with E-state index in [4.69, 9.17) is 9.47 Å². The van der Waals surface area contributed by atoms with Crippen molar-refractivity contribution in [3.05, 3.63) is 0 Å².